The molecule has 0 saturated heterocycles. The average molecular weight is 391 g/mol. The summed E-state index contributed by atoms with van der Waals surface area (Å²) >= 11 is 0. The van der Waals surface area contributed by atoms with Gasteiger partial charge in [-0.25, -0.2) is 0 Å². The van der Waals surface area contributed by atoms with Crippen LogP contribution in [-0.2, 0) is 0 Å². The molecule has 0 spiro atoms. The molecular weight excluding hydrogens is 365 g/mol. The van der Waals surface area contributed by atoms with Crippen LogP contribution in [0.15, 0.2) is 33.7 Å². The summed E-state index contributed by atoms with van der Waals surface area (Å²) in [6.07, 6.45) is 5.12. The van der Waals surface area contributed by atoms with Crippen LogP contribution in [0.1, 0.15) is 44.8 Å². The van der Waals surface area contributed by atoms with Crippen LogP contribution < -0.4 is 10.6 Å². The van der Waals surface area contributed by atoms with Crippen LogP contribution >= 0.6 is 24.0 Å². The van der Waals surface area contributed by atoms with Gasteiger partial charge in [-0.05, 0) is 46.2 Å². The van der Waals surface area contributed by atoms with Gasteiger partial charge in [0.1, 0.15) is 11.5 Å². The molecule has 0 fully saturated rings. The Balaban J connectivity index is 0.00000361. The van der Waals surface area contributed by atoms with E-state index in [0.29, 0.717) is 0 Å². The van der Waals surface area contributed by atoms with Crippen molar-refractivity contribution in [3.63, 3.8) is 0 Å². The second kappa shape index (κ2) is 10.8. The third-order valence-electron chi connectivity index (χ3n) is 2.69. The van der Waals surface area contributed by atoms with Crippen molar-refractivity contribution in [2.24, 2.45) is 4.99 Å². The van der Waals surface area contributed by atoms with Gasteiger partial charge in [0.25, 0.3) is 0 Å². The smallest absolute Gasteiger partial charge is 0.191 e. The van der Waals surface area contributed by atoms with Crippen LogP contribution in [0, 0.1) is 6.92 Å². The molecule has 0 aliphatic heterocycles. The summed E-state index contributed by atoms with van der Waals surface area (Å²) in [4.78, 5) is 4.52. The van der Waals surface area contributed by atoms with E-state index < -0.39 is 0 Å². The number of halogens is 1. The average Bonchev–Trinajstić information content (AvgIpc) is 2.81. The lowest BCUT2D eigenvalue weighted by Crippen LogP contribution is -2.38. The first kappa shape index (κ1) is 19.0. The number of aliphatic imine (C=N–C) groups is 1. The normalized spacial score (nSPS) is 13.1. The van der Waals surface area contributed by atoms with Gasteiger partial charge in [-0.15, -0.1) is 24.0 Å². The van der Waals surface area contributed by atoms with Gasteiger partial charge in [0.05, 0.1) is 6.04 Å². The quantitative estimate of drug-likeness (QED) is 0.255. The molecule has 1 heterocycles. The molecule has 0 radical (unpaired) electrons. The van der Waals surface area contributed by atoms with Crippen LogP contribution in [0.3, 0.4) is 0 Å². The number of allylic oxidation sites excluding steroid dienone is 1. The molecule has 20 heavy (non-hydrogen) atoms. The lowest BCUT2D eigenvalue weighted by molar-refractivity contribution is 0.441. The molecule has 0 saturated carbocycles. The molecule has 4 nitrogen and oxygen atoms in total. The monoisotopic (exact) mass is 391 g/mol. The first-order valence-corrected chi connectivity index (χ1v) is 6.89. The maximum Gasteiger partial charge on any atom is 0.191 e. The number of aryl methyl sites for hydroxylation is 1. The third kappa shape index (κ3) is 6.98. The van der Waals surface area contributed by atoms with Crippen molar-refractivity contribution in [3.8, 4) is 0 Å². The van der Waals surface area contributed by atoms with Crippen molar-refractivity contribution in [1.29, 1.82) is 0 Å². The van der Waals surface area contributed by atoms with E-state index in [-0.39, 0.29) is 30.0 Å². The Morgan fingerprint density at radius 2 is 2.20 bits per heavy atom. The topological polar surface area (TPSA) is 49.6 Å². The van der Waals surface area contributed by atoms with Gasteiger partial charge in [-0.3, -0.25) is 4.99 Å². The Morgan fingerprint density at radius 1 is 1.45 bits per heavy atom. The summed E-state index contributed by atoms with van der Waals surface area (Å²) < 4.78 is 5.61. The minimum Gasteiger partial charge on any atom is -0.464 e. The summed E-state index contributed by atoms with van der Waals surface area (Å²) in [5, 5.41) is 6.59. The number of nitrogens with one attached hydrogen (secondary N) is 2. The zero-order valence-corrected chi connectivity index (χ0v) is 15.1. The first-order valence-electron chi connectivity index (χ1n) is 6.89. The van der Waals surface area contributed by atoms with Gasteiger partial charge >= 0.3 is 0 Å². The summed E-state index contributed by atoms with van der Waals surface area (Å²) in [6.45, 7) is 9.73. The Morgan fingerprint density at radius 3 is 2.75 bits per heavy atom. The highest BCUT2D eigenvalue weighted by Gasteiger charge is 2.10. The van der Waals surface area contributed by atoms with Gasteiger partial charge in [0.2, 0.25) is 0 Å². The highest BCUT2D eigenvalue weighted by Crippen LogP contribution is 2.15. The minimum absolute atomic E-state index is 0. The van der Waals surface area contributed by atoms with Crippen molar-refractivity contribution in [3.05, 3.63) is 35.8 Å². The molecule has 5 heteroatoms. The van der Waals surface area contributed by atoms with Crippen molar-refractivity contribution < 1.29 is 4.42 Å². The second-order valence-electron chi connectivity index (χ2n) is 4.43. The summed E-state index contributed by atoms with van der Waals surface area (Å²) in [5.74, 6) is 2.68. The van der Waals surface area contributed by atoms with Gasteiger partial charge in [0, 0.05) is 13.1 Å². The van der Waals surface area contributed by atoms with E-state index in [1.165, 1.54) is 0 Å². The van der Waals surface area contributed by atoms with Gasteiger partial charge in [0.15, 0.2) is 5.96 Å². The lowest BCUT2D eigenvalue weighted by atomic mass is 10.2. The molecular formula is C15H26IN3O. The van der Waals surface area contributed by atoms with Crippen LogP contribution in [0.4, 0.5) is 0 Å². The SMILES string of the molecule is C/C=C/CCN=C(NCC)NC(C)c1ccc(C)o1.I. The van der Waals surface area contributed by atoms with Crippen LogP contribution in [0.5, 0.6) is 0 Å². The van der Waals surface area contributed by atoms with Crippen LogP contribution in [-0.4, -0.2) is 19.0 Å². The molecule has 0 bridgehead atoms. The standard InChI is InChI=1S/C15H25N3O.HI/c1-5-7-8-11-17-15(16-6-2)18-13(4)14-10-9-12(3)19-14;/h5,7,9-10,13H,6,8,11H2,1-4H3,(H2,16,17,18);1H/b7-5+;. The van der Waals surface area contributed by atoms with Crippen molar-refractivity contribution >= 4 is 29.9 Å². The van der Waals surface area contributed by atoms with Gasteiger partial charge < -0.3 is 15.1 Å². The van der Waals surface area contributed by atoms with Crippen LogP contribution in [0.2, 0.25) is 0 Å². The van der Waals surface area contributed by atoms with Crippen molar-refractivity contribution in [2.45, 2.75) is 40.2 Å². The fourth-order valence-corrected chi connectivity index (χ4v) is 1.70. The number of hydrogen-bond acceptors (Lipinski definition) is 2. The van der Waals surface area contributed by atoms with Crippen molar-refractivity contribution in [2.75, 3.05) is 13.1 Å². The molecule has 114 valence electrons. The molecule has 1 aromatic rings. The minimum atomic E-state index is 0. The molecule has 1 aromatic heterocycles. The number of guanidine groups is 1. The fourth-order valence-electron chi connectivity index (χ4n) is 1.70. The second-order valence-corrected chi connectivity index (χ2v) is 4.43. The van der Waals surface area contributed by atoms with E-state index in [0.717, 1.165) is 37.0 Å². The van der Waals surface area contributed by atoms with Gasteiger partial charge in [-0.2, -0.15) is 0 Å². The molecule has 0 aliphatic rings. The lowest BCUT2D eigenvalue weighted by Gasteiger charge is -2.16. The predicted molar refractivity (Wildman–Crippen MR) is 95.8 cm³/mol. The first-order chi connectivity index (χ1) is 9.17. The maximum atomic E-state index is 5.61. The predicted octanol–water partition coefficient (Wildman–Crippen LogP) is 3.79. The fraction of sp³-hybridized carbons (Fsp3) is 0.533. The highest BCUT2D eigenvalue weighted by molar-refractivity contribution is 14.0. The summed E-state index contributed by atoms with van der Waals surface area (Å²) in [5.41, 5.74) is 0. The van der Waals surface area contributed by atoms with E-state index in [4.69, 9.17) is 4.42 Å². The van der Waals surface area contributed by atoms with Gasteiger partial charge in [-0.1, -0.05) is 12.2 Å². The maximum absolute atomic E-state index is 5.61. The molecule has 1 unspecified atom stereocenters. The Labute approximate surface area is 139 Å². The number of hydrogen-bond donors (Lipinski definition) is 2. The number of nitrogens with zero attached hydrogens (tertiary/aromatic N) is 1. The van der Waals surface area contributed by atoms with E-state index in [1.807, 2.05) is 32.1 Å². The molecule has 0 amide bonds. The van der Waals surface area contributed by atoms with E-state index >= 15 is 0 Å². The number of rotatable bonds is 6. The molecule has 1 rings (SSSR count). The molecule has 0 aliphatic carbocycles. The number of furan rings is 1. The third-order valence-corrected chi connectivity index (χ3v) is 2.69. The van der Waals surface area contributed by atoms with Crippen LogP contribution in [0.25, 0.3) is 0 Å². The Kier molecular flexibility index (Phi) is 10.2. The molecule has 2 N–H and O–H groups in total. The molecule has 1 atom stereocenters. The largest absolute Gasteiger partial charge is 0.464 e. The zero-order chi connectivity index (χ0) is 14.1. The van der Waals surface area contributed by atoms with E-state index in [9.17, 15) is 0 Å². The zero-order valence-electron chi connectivity index (χ0n) is 12.8. The van der Waals surface area contributed by atoms with Crippen molar-refractivity contribution in [1.82, 2.24) is 10.6 Å². The highest BCUT2D eigenvalue weighted by atomic mass is 127. The summed E-state index contributed by atoms with van der Waals surface area (Å²) in [7, 11) is 0. The Bertz CT molecular complexity index is 427. The van der Waals surface area contributed by atoms with E-state index in [1.54, 1.807) is 0 Å². The summed E-state index contributed by atoms with van der Waals surface area (Å²) in [6, 6.07) is 4.08. The van der Waals surface area contributed by atoms with E-state index in [2.05, 4.69) is 35.5 Å². The molecule has 0 aromatic carbocycles. The Hall–Kier alpha value is -0.980.